The second-order valence-electron chi connectivity index (χ2n) is 7.17. The number of urea groups is 1. The first kappa shape index (κ1) is 20.3. The summed E-state index contributed by atoms with van der Waals surface area (Å²) >= 11 is 0. The Morgan fingerprint density at radius 3 is 2.61 bits per heavy atom. The zero-order chi connectivity index (χ0) is 20.1. The van der Waals surface area contributed by atoms with Crippen molar-refractivity contribution in [1.82, 2.24) is 10.3 Å². The van der Waals surface area contributed by atoms with Crippen molar-refractivity contribution in [3.63, 3.8) is 0 Å². The third-order valence-corrected chi connectivity index (χ3v) is 7.34. The van der Waals surface area contributed by atoms with Crippen LogP contribution in [-0.2, 0) is 16.4 Å². The van der Waals surface area contributed by atoms with E-state index < -0.39 is 27.3 Å². The maximum atomic E-state index is 14.0. The summed E-state index contributed by atoms with van der Waals surface area (Å²) in [5.41, 5.74) is 1.34. The van der Waals surface area contributed by atoms with E-state index in [2.05, 4.69) is 15.6 Å². The topological polar surface area (TPSA) is 88.2 Å². The van der Waals surface area contributed by atoms with Gasteiger partial charge in [0.15, 0.2) is 9.84 Å². The fourth-order valence-corrected chi connectivity index (χ4v) is 5.08. The number of carbonyl (C=O) groups excluding carboxylic acids is 1. The van der Waals surface area contributed by atoms with Crippen molar-refractivity contribution in [1.29, 1.82) is 0 Å². The Bertz CT molecular complexity index is 904. The molecule has 0 radical (unpaired) electrons. The number of hydrogen-bond donors (Lipinski definition) is 2. The lowest BCUT2D eigenvalue weighted by atomic mass is 9.89. The van der Waals surface area contributed by atoms with Crippen LogP contribution in [0.2, 0.25) is 0 Å². The lowest BCUT2D eigenvalue weighted by molar-refractivity contribution is 0.181. The molecule has 3 unspecified atom stereocenters. The summed E-state index contributed by atoms with van der Waals surface area (Å²) in [5.74, 6) is -0.0943. The van der Waals surface area contributed by atoms with Gasteiger partial charge in [-0.05, 0) is 61.1 Å². The average Bonchev–Trinajstić information content (AvgIpc) is 2.69. The highest BCUT2D eigenvalue weighted by Crippen LogP contribution is 2.33. The number of aromatic nitrogens is 1. The molecule has 1 fully saturated rings. The zero-order valence-electron chi connectivity index (χ0n) is 15.6. The number of pyridine rings is 1. The first-order valence-electron chi connectivity index (χ1n) is 9.28. The average molecular weight is 405 g/mol. The van der Waals surface area contributed by atoms with Gasteiger partial charge in [0.1, 0.15) is 6.17 Å². The molecule has 1 saturated carbocycles. The maximum Gasteiger partial charge on any atom is 0.319 e. The van der Waals surface area contributed by atoms with Crippen LogP contribution < -0.4 is 10.6 Å². The third-order valence-electron chi connectivity index (χ3n) is 5.10. The molecule has 8 heteroatoms. The summed E-state index contributed by atoms with van der Waals surface area (Å²) in [5, 5.41) is 4.67. The molecule has 0 aliphatic heterocycles. The van der Waals surface area contributed by atoms with Crippen molar-refractivity contribution in [2.24, 2.45) is 5.92 Å². The summed E-state index contributed by atoms with van der Waals surface area (Å²) in [4.78, 5) is 16.1. The molecule has 2 amide bonds. The molecule has 2 aromatic rings. The highest BCUT2D eigenvalue weighted by atomic mass is 32.2. The van der Waals surface area contributed by atoms with Crippen LogP contribution >= 0.6 is 0 Å². The van der Waals surface area contributed by atoms with Crippen LogP contribution in [0.25, 0.3) is 0 Å². The minimum atomic E-state index is -3.59. The second-order valence-corrected chi connectivity index (χ2v) is 9.39. The molecule has 3 rings (SSSR count). The number of nitrogens with zero attached hydrogens (tertiary/aromatic N) is 1. The fraction of sp³-hybridized carbons (Fsp3) is 0.400. The maximum absolute atomic E-state index is 14.0. The molecule has 150 valence electrons. The Morgan fingerprint density at radius 1 is 1.21 bits per heavy atom. The van der Waals surface area contributed by atoms with E-state index >= 15 is 0 Å². The number of sulfone groups is 1. The van der Waals surface area contributed by atoms with Gasteiger partial charge < -0.3 is 10.6 Å². The number of anilines is 1. The van der Waals surface area contributed by atoms with Gasteiger partial charge >= 0.3 is 6.03 Å². The Labute approximate surface area is 164 Å². The monoisotopic (exact) mass is 405 g/mol. The number of halogens is 1. The van der Waals surface area contributed by atoms with Crippen LogP contribution in [0.3, 0.4) is 0 Å². The highest BCUT2D eigenvalue weighted by molar-refractivity contribution is 7.92. The van der Waals surface area contributed by atoms with E-state index in [1.807, 2.05) is 13.0 Å². The summed E-state index contributed by atoms with van der Waals surface area (Å²) in [6, 6.07) is 9.21. The molecule has 0 saturated heterocycles. The molecule has 2 N–H and O–H groups in total. The lowest BCUT2D eigenvalue weighted by Gasteiger charge is -2.29. The third kappa shape index (κ3) is 4.86. The van der Waals surface area contributed by atoms with Crippen molar-refractivity contribution in [3.8, 4) is 0 Å². The highest BCUT2D eigenvalue weighted by Gasteiger charge is 2.36. The Kier molecular flexibility index (Phi) is 6.28. The minimum Gasteiger partial charge on any atom is -0.334 e. The number of amides is 2. The minimum absolute atomic E-state index is 0.0419. The van der Waals surface area contributed by atoms with Crippen LogP contribution in [0.15, 0.2) is 53.7 Å². The van der Waals surface area contributed by atoms with Gasteiger partial charge in [-0.3, -0.25) is 4.98 Å². The summed E-state index contributed by atoms with van der Waals surface area (Å²) in [7, 11) is -3.59. The number of benzene rings is 1. The first-order valence-corrected chi connectivity index (χ1v) is 10.8. The Morgan fingerprint density at radius 2 is 1.96 bits per heavy atom. The number of carbonyl (C=O) groups is 1. The molecular formula is C20H24FN3O3S. The first-order chi connectivity index (χ1) is 13.4. The molecule has 1 aliphatic rings. The van der Waals surface area contributed by atoms with Crippen LogP contribution in [0.5, 0.6) is 0 Å². The molecule has 0 bridgehead atoms. The number of nitrogens with one attached hydrogen (secondary N) is 2. The van der Waals surface area contributed by atoms with E-state index in [0.717, 1.165) is 5.56 Å². The zero-order valence-corrected chi connectivity index (χ0v) is 16.5. The predicted molar refractivity (Wildman–Crippen MR) is 105 cm³/mol. The summed E-state index contributed by atoms with van der Waals surface area (Å²) < 4.78 is 39.5. The van der Waals surface area contributed by atoms with Crippen LogP contribution in [-0.4, -0.2) is 30.9 Å². The van der Waals surface area contributed by atoms with E-state index in [0.29, 0.717) is 25.1 Å². The van der Waals surface area contributed by atoms with Crippen LogP contribution in [0, 0.1) is 5.92 Å². The fourth-order valence-electron chi connectivity index (χ4n) is 3.29. The molecule has 1 aromatic carbocycles. The van der Waals surface area contributed by atoms with Gasteiger partial charge in [0.25, 0.3) is 0 Å². The van der Waals surface area contributed by atoms with Crippen molar-refractivity contribution in [3.05, 3.63) is 54.4 Å². The van der Waals surface area contributed by atoms with E-state index in [1.54, 1.807) is 18.5 Å². The van der Waals surface area contributed by atoms with E-state index in [4.69, 9.17) is 0 Å². The molecule has 1 heterocycles. The van der Waals surface area contributed by atoms with Crippen molar-refractivity contribution in [2.75, 3.05) is 5.32 Å². The molecule has 1 aromatic heterocycles. The molecule has 6 nitrogen and oxygen atoms in total. The largest absolute Gasteiger partial charge is 0.334 e. The van der Waals surface area contributed by atoms with Gasteiger partial charge in [-0.2, -0.15) is 0 Å². The Hall–Kier alpha value is -2.48. The normalized spacial score (nSPS) is 22.4. The smallest absolute Gasteiger partial charge is 0.319 e. The van der Waals surface area contributed by atoms with E-state index in [9.17, 15) is 17.6 Å². The van der Waals surface area contributed by atoms with Crippen molar-refractivity contribution in [2.45, 2.75) is 49.0 Å². The standard InChI is InChI=1S/C20H24FN3O3S/c1-14-4-7-18(11-19(14)21)28(26,27)17-8-5-16(6-9-17)24-20(25)23-13-15-3-2-10-22-12-15/h2-3,5-6,8-10,12,14,18-19H,4,7,11,13H2,1H3,(H2,23,24,25). The lowest BCUT2D eigenvalue weighted by Crippen LogP contribution is -2.33. The summed E-state index contributed by atoms with van der Waals surface area (Å²) in [6.07, 6.45) is 3.32. The molecule has 0 spiro atoms. The summed E-state index contributed by atoms with van der Waals surface area (Å²) in [6.45, 7) is 2.14. The SMILES string of the molecule is CC1CCC(S(=O)(=O)c2ccc(NC(=O)NCc3cccnc3)cc2)CC1F. The number of hydrogen-bond acceptors (Lipinski definition) is 4. The van der Waals surface area contributed by atoms with Crippen LogP contribution in [0.4, 0.5) is 14.9 Å². The molecule has 1 aliphatic carbocycles. The van der Waals surface area contributed by atoms with Gasteiger partial charge in [0, 0.05) is 24.6 Å². The van der Waals surface area contributed by atoms with Crippen molar-refractivity contribution < 1.29 is 17.6 Å². The van der Waals surface area contributed by atoms with Gasteiger partial charge in [0.2, 0.25) is 0 Å². The van der Waals surface area contributed by atoms with Crippen LogP contribution in [0.1, 0.15) is 31.7 Å². The van der Waals surface area contributed by atoms with Gasteiger partial charge in [-0.25, -0.2) is 17.6 Å². The second kappa shape index (κ2) is 8.68. The number of alkyl halides is 1. The Balaban J connectivity index is 1.59. The van der Waals surface area contributed by atoms with E-state index in [-0.39, 0.29) is 17.2 Å². The van der Waals surface area contributed by atoms with Gasteiger partial charge in [-0.15, -0.1) is 0 Å². The number of rotatable bonds is 5. The van der Waals surface area contributed by atoms with Crippen molar-refractivity contribution >= 4 is 21.6 Å². The molecule has 28 heavy (non-hydrogen) atoms. The molecular weight excluding hydrogens is 381 g/mol. The van der Waals surface area contributed by atoms with Gasteiger partial charge in [0.05, 0.1) is 10.1 Å². The molecule has 3 atom stereocenters. The van der Waals surface area contributed by atoms with E-state index in [1.165, 1.54) is 24.3 Å². The predicted octanol–water partition coefficient (Wildman–Crippen LogP) is 3.70. The van der Waals surface area contributed by atoms with Gasteiger partial charge in [-0.1, -0.05) is 13.0 Å². The quantitative estimate of drug-likeness (QED) is 0.794.